The van der Waals surface area contributed by atoms with E-state index >= 15 is 0 Å². The largest absolute Gasteiger partial charge is 0.354 e. The number of hydrogen-bond donors (Lipinski definition) is 0. The Morgan fingerprint density at radius 1 is 0.789 bits per heavy atom. The summed E-state index contributed by atoms with van der Waals surface area (Å²) in [7, 11) is 0. The maximum absolute atomic E-state index is 11.0. The van der Waals surface area contributed by atoms with E-state index in [9.17, 15) is 4.79 Å². The summed E-state index contributed by atoms with van der Waals surface area (Å²) in [6.45, 7) is 3.30. The molecule has 0 radical (unpaired) electrons. The second-order valence-corrected chi connectivity index (χ2v) is 5.45. The van der Waals surface area contributed by atoms with Crippen LogP contribution < -0.4 is 5.43 Å². The fraction of sp³-hybridized carbons (Fsp3) is 0.706. The van der Waals surface area contributed by atoms with Crippen molar-refractivity contribution >= 4 is 0 Å². The van der Waals surface area contributed by atoms with Gasteiger partial charge in [-0.3, -0.25) is 4.79 Å². The highest BCUT2D eigenvalue weighted by molar-refractivity contribution is 4.93. The van der Waals surface area contributed by atoms with Crippen LogP contribution in [0.4, 0.5) is 0 Å². The third-order valence-corrected chi connectivity index (χ3v) is 3.63. The van der Waals surface area contributed by atoms with Gasteiger partial charge in [0.15, 0.2) is 5.43 Å². The molecule has 0 aromatic carbocycles. The van der Waals surface area contributed by atoms with Crippen molar-refractivity contribution in [3.8, 4) is 0 Å². The predicted molar refractivity (Wildman–Crippen MR) is 82.5 cm³/mol. The molecule has 0 N–H and O–H groups in total. The topological polar surface area (TPSA) is 22.0 Å². The third kappa shape index (κ3) is 8.63. The first kappa shape index (κ1) is 16.0. The smallest absolute Gasteiger partial charge is 0.181 e. The van der Waals surface area contributed by atoms with Crippen LogP contribution in [0.3, 0.4) is 0 Å². The Hall–Kier alpha value is -1.05. The Morgan fingerprint density at radius 2 is 1.26 bits per heavy atom. The minimum atomic E-state index is 0.0966. The zero-order valence-corrected chi connectivity index (χ0v) is 12.4. The van der Waals surface area contributed by atoms with E-state index in [1.165, 1.54) is 64.2 Å². The lowest BCUT2D eigenvalue weighted by Gasteiger charge is -2.05. The van der Waals surface area contributed by atoms with Crippen LogP contribution in [0.2, 0.25) is 0 Å². The summed E-state index contributed by atoms with van der Waals surface area (Å²) < 4.78 is 2.10. The maximum Gasteiger partial charge on any atom is 0.181 e. The zero-order chi connectivity index (χ0) is 13.8. The minimum absolute atomic E-state index is 0.0966. The molecule has 19 heavy (non-hydrogen) atoms. The van der Waals surface area contributed by atoms with E-state index in [2.05, 4.69) is 11.5 Å². The number of hydrogen-bond acceptors (Lipinski definition) is 1. The molecule has 2 nitrogen and oxygen atoms in total. The molecule has 0 amide bonds. The summed E-state index contributed by atoms with van der Waals surface area (Å²) in [4.78, 5) is 11.0. The Morgan fingerprint density at radius 3 is 1.79 bits per heavy atom. The van der Waals surface area contributed by atoms with Crippen LogP contribution in [0.15, 0.2) is 29.3 Å². The van der Waals surface area contributed by atoms with Gasteiger partial charge in [0, 0.05) is 31.1 Å². The summed E-state index contributed by atoms with van der Waals surface area (Å²) in [5.41, 5.74) is 0.0966. The van der Waals surface area contributed by atoms with Crippen molar-refractivity contribution in [3.63, 3.8) is 0 Å². The van der Waals surface area contributed by atoms with Gasteiger partial charge in [-0.05, 0) is 6.42 Å². The molecule has 0 spiro atoms. The molecule has 0 aliphatic rings. The maximum atomic E-state index is 11.0. The van der Waals surface area contributed by atoms with Gasteiger partial charge in [-0.2, -0.15) is 0 Å². The van der Waals surface area contributed by atoms with Crippen LogP contribution in [-0.2, 0) is 6.54 Å². The molecular formula is C17H29NO. The number of unbranched alkanes of at least 4 members (excludes halogenated alkanes) is 9. The molecule has 108 valence electrons. The molecule has 0 saturated heterocycles. The Kier molecular flexibility index (Phi) is 9.13. The average molecular weight is 263 g/mol. The molecule has 1 aromatic rings. The summed E-state index contributed by atoms with van der Waals surface area (Å²) in [5, 5.41) is 0. The van der Waals surface area contributed by atoms with Crippen LogP contribution in [0.5, 0.6) is 0 Å². The monoisotopic (exact) mass is 263 g/mol. The molecule has 0 saturated carbocycles. The number of aryl methyl sites for hydroxylation is 1. The van der Waals surface area contributed by atoms with Gasteiger partial charge in [0.05, 0.1) is 0 Å². The van der Waals surface area contributed by atoms with E-state index in [1.54, 1.807) is 12.1 Å². The first-order valence-electron chi connectivity index (χ1n) is 7.99. The normalized spacial score (nSPS) is 10.8. The third-order valence-electron chi connectivity index (χ3n) is 3.63. The summed E-state index contributed by atoms with van der Waals surface area (Å²) >= 11 is 0. The van der Waals surface area contributed by atoms with E-state index in [0.717, 1.165) is 6.54 Å². The average Bonchev–Trinajstić information content (AvgIpc) is 2.43. The Labute approximate surface area is 117 Å². The summed E-state index contributed by atoms with van der Waals surface area (Å²) in [6.07, 6.45) is 17.4. The van der Waals surface area contributed by atoms with Crippen LogP contribution in [-0.4, -0.2) is 4.57 Å². The van der Waals surface area contributed by atoms with Gasteiger partial charge in [-0.25, -0.2) is 0 Å². The number of pyridine rings is 1. The number of rotatable bonds is 11. The van der Waals surface area contributed by atoms with E-state index in [4.69, 9.17) is 0 Å². The summed E-state index contributed by atoms with van der Waals surface area (Å²) in [6, 6.07) is 3.27. The molecule has 1 rings (SSSR count). The lowest BCUT2D eigenvalue weighted by atomic mass is 10.1. The summed E-state index contributed by atoms with van der Waals surface area (Å²) in [5.74, 6) is 0. The highest BCUT2D eigenvalue weighted by Crippen LogP contribution is 2.10. The second kappa shape index (κ2) is 10.8. The molecule has 0 unspecified atom stereocenters. The zero-order valence-electron chi connectivity index (χ0n) is 12.4. The van der Waals surface area contributed by atoms with Gasteiger partial charge in [0.25, 0.3) is 0 Å². The lowest BCUT2D eigenvalue weighted by Crippen LogP contribution is -2.03. The lowest BCUT2D eigenvalue weighted by molar-refractivity contribution is 0.534. The molecule has 0 fully saturated rings. The Balaban J connectivity index is 1.88. The molecule has 0 aliphatic heterocycles. The van der Waals surface area contributed by atoms with Crippen LogP contribution in [0.25, 0.3) is 0 Å². The molecule has 2 heteroatoms. The standard InChI is InChI=1S/C17H29NO/c1-2-3-4-5-6-7-8-9-10-11-14-18-15-12-17(19)13-16-18/h12-13,15-16H,2-11,14H2,1H3. The fourth-order valence-electron chi connectivity index (χ4n) is 2.37. The SMILES string of the molecule is CCCCCCCCCCCCn1ccc(=O)cc1. The molecule has 0 atom stereocenters. The highest BCUT2D eigenvalue weighted by Gasteiger charge is 1.93. The fourth-order valence-corrected chi connectivity index (χ4v) is 2.37. The van der Waals surface area contributed by atoms with Gasteiger partial charge in [-0.15, -0.1) is 0 Å². The number of nitrogens with zero attached hydrogens (tertiary/aromatic N) is 1. The molecule has 1 aromatic heterocycles. The van der Waals surface area contributed by atoms with E-state index in [-0.39, 0.29) is 5.43 Å². The molecule has 0 aliphatic carbocycles. The molecular weight excluding hydrogens is 234 g/mol. The first-order valence-corrected chi connectivity index (χ1v) is 7.99. The van der Waals surface area contributed by atoms with Crippen molar-refractivity contribution in [2.45, 2.75) is 77.7 Å². The van der Waals surface area contributed by atoms with Crippen molar-refractivity contribution in [1.29, 1.82) is 0 Å². The second-order valence-electron chi connectivity index (χ2n) is 5.45. The van der Waals surface area contributed by atoms with Crippen LogP contribution in [0, 0.1) is 0 Å². The molecule has 1 heterocycles. The van der Waals surface area contributed by atoms with E-state index in [1.807, 2.05) is 12.4 Å². The van der Waals surface area contributed by atoms with Gasteiger partial charge < -0.3 is 4.57 Å². The highest BCUT2D eigenvalue weighted by atomic mass is 16.1. The van der Waals surface area contributed by atoms with Crippen molar-refractivity contribution in [2.75, 3.05) is 0 Å². The van der Waals surface area contributed by atoms with Crippen molar-refractivity contribution in [3.05, 3.63) is 34.7 Å². The van der Waals surface area contributed by atoms with Crippen molar-refractivity contribution in [2.24, 2.45) is 0 Å². The van der Waals surface area contributed by atoms with Gasteiger partial charge in [-0.1, -0.05) is 64.7 Å². The van der Waals surface area contributed by atoms with Gasteiger partial charge in [0.1, 0.15) is 0 Å². The quantitative estimate of drug-likeness (QED) is 0.527. The molecule has 0 bridgehead atoms. The van der Waals surface area contributed by atoms with E-state index in [0.29, 0.717) is 0 Å². The predicted octanol–water partition coefficient (Wildman–Crippen LogP) is 4.77. The van der Waals surface area contributed by atoms with Crippen LogP contribution in [0.1, 0.15) is 71.1 Å². The van der Waals surface area contributed by atoms with Gasteiger partial charge in [0.2, 0.25) is 0 Å². The number of aromatic nitrogens is 1. The van der Waals surface area contributed by atoms with Crippen molar-refractivity contribution < 1.29 is 0 Å². The van der Waals surface area contributed by atoms with Crippen molar-refractivity contribution in [1.82, 2.24) is 4.57 Å². The first-order chi connectivity index (χ1) is 9.33. The van der Waals surface area contributed by atoms with E-state index < -0.39 is 0 Å². The Bertz CT molecular complexity index is 349. The minimum Gasteiger partial charge on any atom is -0.354 e. The van der Waals surface area contributed by atoms with Crippen LogP contribution >= 0.6 is 0 Å². The van der Waals surface area contributed by atoms with Gasteiger partial charge >= 0.3 is 0 Å².